The zero-order valence-corrected chi connectivity index (χ0v) is 10.5. The van der Waals surface area contributed by atoms with Crippen molar-refractivity contribution in [3.63, 3.8) is 0 Å². The molecule has 0 spiro atoms. The van der Waals surface area contributed by atoms with Crippen LogP contribution in [0.4, 0.5) is 5.69 Å². The van der Waals surface area contributed by atoms with Crippen molar-refractivity contribution in [2.45, 2.75) is 25.8 Å². The second kappa shape index (κ2) is 6.76. The summed E-state index contributed by atoms with van der Waals surface area (Å²) in [5.41, 5.74) is 1.09. The van der Waals surface area contributed by atoms with Gasteiger partial charge in [-0.25, -0.2) is 0 Å². The van der Waals surface area contributed by atoms with Crippen LogP contribution in [0.5, 0.6) is 0 Å². The molecule has 2 rings (SSSR count). The van der Waals surface area contributed by atoms with E-state index < -0.39 is 0 Å². The first-order valence-corrected chi connectivity index (χ1v) is 5.66. The van der Waals surface area contributed by atoms with Crippen LogP contribution in [0.25, 0.3) is 0 Å². The molecule has 1 saturated heterocycles. The van der Waals surface area contributed by atoms with Crippen LogP contribution < -0.4 is 5.32 Å². The molecular weight excluding hydrogens is 226 g/mol. The predicted molar refractivity (Wildman–Crippen MR) is 67.2 cm³/mol. The lowest BCUT2D eigenvalue weighted by Crippen LogP contribution is -2.17. The second-order valence-corrected chi connectivity index (χ2v) is 4.09. The molecule has 0 saturated carbocycles. The molecule has 0 unspecified atom stereocenters. The number of aryl methyl sites for hydroxylation is 1. The van der Waals surface area contributed by atoms with Gasteiger partial charge in [0.1, 0.15) is 0 Å². The molecule has 5 heteroatoms. The van der Waals surface area contributed by atoms with Gasteiger partial charge in [0.15, 0.2) is 0 Å². The summed E-state index contributed by atoms with van der Waals surface area (Å²) in [6.07, 6.45) is 7.55. The monoisotopic (exact) mass is 245 g/mol. The number of anilines is 1. The van der Waals surface area contributed by atoms with E-state index in [0.29, 0.717) is 0 Å². The number of halogens is 1. The molecule has 1 aromatic rings. The van der Waals surface area contributed by atoms with Crippen LogP contribution in [-0.2, 0) is 11.3 Å². The zero-order chi connectivity index (χ0) is 10.5. The molecule has 0 amide bonds. The van der Waals surface area contributed by atoms with Gasteiger partial charge < -0.3 is 10.1 Å². The van der Waals surface area contributed by atoms with Crippen molar-refractivity contribution in [2.24, 2.45) is 5.92 Å². The first kappa shape index (κ1) is 13.3. The highest BCUT2D eigenvalue weighted by Crippen LogP contribution is 2.19. The third-order valence-electron chi connectivity index (χ3n) is 3.03. The Bertz CT molecular complexity index is 297. The minimum atomic E-state index is 0. The van der Waals surface area contributed by atoms with Gasteiger partial charge in [0, 0.05) is 33.0 Å². The van der Waals surface area contributed by atoms with Crippen molar-refractivity contribution in [3.05, 3.63) is 12.4 Å². The van der Waals surface area contributed by atoms with Crippen LogP contribution in [-0.4, -0.2) is 30.0 Å². The van der Waals surface area contributed by atoms with E-state index >= 15 is 0 Å². The molecule has 1 fully saturated rings. The number of rotatable bonds is 4. The summed E-state index contributed by atoms with van der Waals surface area (Å²) in [4.78, 5) is 0. The van der Waals surface area contributed by atoms with Gasteiger partial charge in [-0.1, -0.05) is 0 Å². The summed E-state index contributed by atoms with van der Waals surface area (Å²) in [6.45, 7) is 2.89. The smallest absolute Gasteiger partial charge is 0.0723 e. The van der Waals surface area contributed by atoms with Crippen LogP contribution in [0.3, 0.4) is 0 Å². The molecule has 1 N–H and O–H groups in total. The SMILES string of the molecule is CNc1cnn(CCC2CCOCC2)c1.Cl. The molecular formula is C11H20ClN3O. The molecule has 2 heterocycles. The fourth-order valence-corrected chi connectivity index (χ4v) is 1.96. The van der Waals surface area contributed by atoms with E-state index in [4.69, 9.17) is 4.74 Å². The van der Waals surface area contributed by atoms with Crippen LogP contribution >= 0.6 is 12.4 Å². The third-order valence-corrected chi connectivity index (χ3v) is 3.03. The van der Waals surface area contributed by atoms with Crippen molar-refractivity contribution in [1.29, 1.82) is 0 Å². The fraction of sp³-hybridized carbons (Fsp3) is 0.727. The topological polar surface area (TPSA) is 39.1 Å². The number of nitrogens with one attached hydrogen (secondary N) is 1. The third kappa shape index (κ3) is 3.68. The molecule has 4 nitrogen and oxygen atoms in total. The maximum atomic E-state index is 5.34. The largest absolute Gasteiger partial charge is 0.386 e. The van der Waals surface area contributed by atoms with E-state index in [0.717, 1.165) is 31.4 Å². The second-order valence-electron chi connectivity index (χ2n) is 4.09. The van der Waals surface area contributed by atoms with Crippen molar-refractivity contribution in [2.75, 3.05) is 25.6 Å². The Labute approximate surface area is 103 Å². The number of nitrogens with zero attached hydrogens (tertiary/aromatic N) is 2. The number of hydrogen-bond donors (Lipinski definition) is 1. The maximum Gasteiger partial charge on any atom is 0.0723 e. The average Bonchev–Trinajstić information content (AvgIpc) is 2.76. The van der Waals surface area contributed by atoms with Gasteiger partial charge >= 0.3 is 0 Å². The first-order chi connectivity index (χ1) is 7.38. The minimum Gasteiger partial charge on any atom is -0.386 e. The Hall–Kier alpha value is -0.740. The molecule has 0 aromatic carbocycles. The van der Waals surface area contributed by atoms with Gasteiger partial charge in [0.2, 0.25) is 0 Å². The number of aromatic nitrogens is 2. The summed E-state index contributed by atoms with van der Waals surface area (Å²) in [7, 11) is 1.92. The van der Waals surface area contributed by atoms with Gasteiger partial charge in [-0.2, -0.15) is 5.10 Å². The van der Waals surface area contributed by atoms with Gasteiger partial charge in [0.05, 0.1) is 11.9 Å². The van der Waals surface area contributed by atoms with Crippen molar-refractivity contribution < 1.29 is 4.74 Å². The van der Waals surface area contributed by atoms with Crippen LogP contribution in [0.15, 0.2) is 12.4 Å². The van der Waals surface area contributed by atoms with Crippen molar-refractivity contribution >= 4 is 18.1 Å². The van der Waals surface area contributed by atoms with Gasteiger partial charge in [-0.15, -0.1) is 12.4 Å². The Morgan fingerprint density at radius 2 is 2.25 bits per heavy atom. The standard InChI is InChI=1S/C11H19N3O.ClH/c1-12-11-8-13-14(9-11)5-2-10-3-6-15-7-4-10;/h8-10,12H,2-7H2,1H3;1H. The van der Waals surface area contributed by atoms with E-state index in [1.165, 1.54) is 19.3 Å². The lowest BCUT2D eigenvalue weighted by atomic mass is 9.97. The summed E-state index contributed by atoms with van der Waals surface area (Å²) in [5, 5.41) is 7.38. The maximum absolute atomic E-state index is 5.34. The molecule has 1 aromatic heterocycles. The molecule has 16 heavy (non-hydrogen) atoms. The highest BCUT2D eigenvalue weighted by Gasteiger charge is 2.13. The Morgan fingerprint density at radius 1 is 1.50 bits per heavy atom. The average molecular weight is 246 g/mol. The molecule has 0 bridgehead atoms. The number of hydrogen-bond acceptors (Lipinski definition) is 3. The summed E-state index contributed by atoms with van der Waals surface area (Å²) >= 11 is 0. The normalized spacial score (nSPS) is 16.8. The van der Waals surface area contributed by atoms with E-state index in [1.54, 1.807) is 0 Å². The highest BCUT2D eigenvalue weighted by molar-refractivity contribution is 5.85. The molecule has 0 atom stereocenters. The van der Waals surface area contributed by atoms with E-state index in [-0.39, 0.29) is 12.4 Å². The van der Waals surface area contributed by atoms with E-state index in [9.17, 15) is 0 Å². The van der Waals surface area contributed by atoms with Gasteiger partial charge in [-0.05, 0) is 25.2 Å². The van der Waals surface area contributed by atoms with Crippen LogP contribution in [0.2, 0.25) is 0 Å². The Balaban J connectivity index is 0.00000128. The summed E-state index contributed by atoms with van der Waals surface area (Å²) < 4.78 is 7.36. The first-order valence-electron chi connectivity index (χ1n) is 5.66. The summed E-state index contributed by atoms with van der Waals surface area (Å²) in [6, 6.07) is 0. The van der Waals surface area contributed by atoms with Crippen molar-refractivity contribution in [3.8, 4) is 0 Å². The molecule has 1 aliphatic heterocycles. The fourth-order valence-electron chi connectivity index (χ4n) is 1.96. The van der Waals surface area contributed by atoms with Crippen molar-refractivity contribution in [1.82, 2.24) is 9.78 Å². The lowest BCUT2D eigenvalue weighted by molar-refractivity contribution is 0.0623. The van der Waals surface area contributed by atoms with Gasteiger partial charge in [-0.3, -0.25) is 4.68 Å². The molecule has 92 valence electrons. The Kier molecular flexibility index (Phi) is 5.63. The molecule has 1 aliphatic rings. The van der Waals surface area contributed by atoms with Gasteiger partial charge in [0.25, 0.3) is 0 Å². The van der Waals surface area contributed by atoms with Crippen LogP contribution in [0, 0.1) is 5.92 Å². The zero-order valence-electron chi connectivity index (χ0n) is 9.69. The Morgan fingerprint density at radius 3 is 2.88 bits per heavy atom. The predicted octanol–water partition coefficient (Wildman–Crippen LogP) is 2.16. The highest BCUT2D eigenvalue weighted by atomic mass is 35.5. The molecule has 0 radical (unpaired) electrons. The molecule has 0 aliphatic carbocycles. The number of ether oxygens (including phenoxy) is 1. The van der Waals surface area contributed by atoms with E-state index in [1.807, 2.05) is 17.9 Å². The minimum absolute atomic E-state index is 0. The van der Waals surface area contributed by atoms with Crippen LogP contribution in [0.1, 0.15) is 19.3 Å². The van der Waals surface area contributed by atoms with E-state index in [2.05, 4.69) is 16.6 Å². The quantitative estimate of drug-likeness (QED) is 0.884. The lowest BCUT2D eigenvalue weighted by Gasteiger charge is -2.21. The summed E-state index contributed by atoms with van der Waals surface area (Å²) in [5.74, 6) is 0.820.